The zero-order valence-corrected chi connectivity index (χ0v) is 13.5. The Balaban J connectivity index is 1.82. The summed E-state index contributed by atoms with van der Waals surface area (Å²) in [5, 5.41) is 24.2. The molecule has 0 bridgehead atoms. The SMILES string of the molecule is O=[N+]([O-])c1ccc(O)c(C2CN(c3ccc(C(F)(F)F)cc3)CCN2)c1. The molecule has 2 aromatic carbocycles. The van der Waals surface area contributed by atoms with Crippen LogP contribution in [0.15, 0.2) is 42.5 Å². The van der Waals surface area contributed by atoms with E-state index in [1.165, 1.54) is 30.3 Å². The topological polar surface area (TPSA) is 78.6 Å². The zero-order chi connectivity index (χ0) is 18.9. The van der Waals surface area contributed by atoms with Gasteiger partial charge in [0.1, 0.15) is 5.75 Å². The number of nitro groups is 1. The van der Waals surface area contributed by atoms with Gasteiger partial charge in [-0.1, -0.05) is 0 Å². The molecule has 6 nitrogen and oxygen atoms in total. The van der Waals surface area contributed by atoms with E-state index in [0.29, 0.717) is 30.9 Å². The molecular weight excluding hydrogens is 351 g/mol. The summed E-state index contributed by atoms with van der Waals surface area (Å²) in [6.45, 7) is 1.45. The van der Waals surface area contributed by atoms with Crippen LogP contribution in [-0.4, -0.2) is 29.7 Å². The molecule has 1 saturated heterocycles. The number of phenols is 1. The Morgan fingerprint density at radius 2 is 1.88 bits per heavy atom. The highest BCUT2D eigenvalue weighted by Gasteiger charge is 2.31. The summed E-state index contributed by atoms with van der Waals surface area (Å²) in [6.07, 6.45) is -4.39. The number of non-ortho nitro benzene ring substituents is 1. The highest BCUT2D eigenvalue weighted by Crippen LogP contribution is 2.33. The Hall–Kier alpha value is -2.81. The third-order valence-corrected chi connectivity index (χ3v) is 4.33. The van der Waals surface area contributed by atoms with Gasteiger partial charge in [-0.2, -0.15) is 13.2 Å². The normalized spacial score (nSPS) is 18.0. The standard InChI is InChI=1S/C17H16F3N3O3/c18-17(19,20)11-1-3-12(4-2-11)22-8-7-21-15(10-22)14-9-13(23(25)26)5-6-16(14)24/h1-6,9,15,21,24H,7-8,10H2. The lowest BCUT2D eigenvalue weighted by Crippen LogP contribution is -2.45. The average Bonchev–Trinajstić information content (AvgIpc) is 2.61. The molecule has 26 heavy (non-hydrogen) atoms. The number of piperazine rings is 1. The summed E-state index contributed by atoms with van der Waals surface area (Å²) >= 11 is 0. The third-order valence-electron chi connectivity index (χ3n) is 4.33. The quantitative estimate of drug-likeness (QED) is 0.642. The van der Waals surface area contributed by atoms with E-state index in [1.807, 2.05) is 4.90 Å². The highest BCUT2D eigenvalue weighted by atomic mass is 19.4. The van der Waals surface area contributed by atoms with Crippen LogP contribution in [0, 0.1) is 10.1 Å². The van der Waals surface area contributed by atoms with Crippen LogP contribution in [0.4, 0.5) is 24.5 Å². The van der Waals surface area contributed by atoms with Gasteiger partial charge in [0.15, 0.2) is 0 Å². The van der Waals surface area contributed by atoms with Crippen molar-refractivity contribution in [2.75, 3.05) is 24.5 Å². The average molecular weight is 367 g/mol. The molecule has 0 spiro atoms. The molecule has 1 heterocycles. The van der Waals surface area contributed by atoms with Crippen LogP contribution >= 0.6 is 0 Å². The van der Waals surface area contributed by atoms with Crippen LogP contribution in [0.5, 0.6) is 5.75 Å². The number of hydrogen-bond acceptors (Lipinski definition) is 5. The number of benzene rings is 2. The first-order valence-electron chi connectivity index (χ1n) is 7.88. The van der Waals surface area contributed by atoms with Gasteiger partial charge in [-0.15, -0.1) is 0 Å². The molecule has 1 fully saturated rings. The lowest BCUT2D eigenvalue weighted by molar-refractivity contribution is -0.385. The second-order valence-electron chi connectivity index (χ2n) is 6.00. The van der Waals surface area contributed by atoms with Gasteiger partial charge in [0, 0.05) is 43.0 Å². The van der Waals surface area contributed by atoms with E-state index in [9.17, 15) is 28.4 Å². The van der Waals surface area contributed by atoms with E-state index < -0.39 is 16.7 Å². The van der Waals surface area contributed by atoms with E-state index in [2.05, 4.69) is 5.32 Å². The van der Waals surface area contributed by atoms with Gasteiger partial charge >= 0.3 is 6.18 Å². The lowest BCUT2D eigenvalue weighted by Gasteiger charge is -2.35. The molecule has 1 aliphatic rings. The molecular formula is C17H16F3N3O3. The van der Waals surface area contributed by atoms with Crippen LogP contribution in [0.1, 0.15) is 17.2 Å². The number of hydrogen-bond donors (Lipinski definition) is 2. The minimum atomic E-state index is -4.39. The fourth-order valence-corrected chi connectivity index (χ4v) is 2.99. The van der Waals surface area contributed by atoms with E-state index >= 15 is 0 Å². The molecule has 0 saturated carbocycles. The van der Waals surface area contributed by atoms with Gasteiger partial charge in [-0.3, -0.25) is 10.1 Å². The summed E-state index contributed by atoms with van der Waals surface area (Å²) in [7, 11) is 0. The van der Waals surface area contributed by atoms with Crippen molar-refractivity contribution in [3.8, 4) is 5.75 Å². The van der Waals surface area contributed by atoms with Crippen LogP contribution in [-0.2, 0) is 6.18 Å². The van der Waals surface area contributed by atoms with Crippen LogP contribution in [0.25, 0.3) is 0 Å². The summed E-state index contributed by atoms with van der Waals surface area (Å²) < 4.78 is 38.1. The first kappa shape index (κ1) is 18.0. The fraction of sp³-hybridized carbons (Fsp3) is 0.294. The largest absolute Gasteiger partial charge is 0.508 e. The molecule has 1 atom stereocenters. The summed E-state index contributed by atoms with van der Waals surface area (Å²) in [5.41, 5.74) is 0.153. The Morgan fingerprint density at radius 3 is 2.50 bits per heavy atom. The van der Waals surface area contributed by atoms with Crippen molar-refractivity contribution < 1.29 is 23.2 Å². The predicted molar refractivity (Wildman–Crippen MR) is 89.2 cm³/mol. The first-order valence-corrected chi connectivity index (χ1v) is 7.88. The van der Waals surface area contributed by atoms with Crippen molar-refractivity contribution in [3.63, 3.8) is 0 Å². The number of rotatable bonds is 3. The van der Waals surface area contributed by atoms with Gasteiger partial charge in [0.25, 0.3) is 5.69 Å². The number of halogens is 3. The van der Waals surface area contributed by atoms with E-state index in [0.717, 1.165) is 12.1 Å². The molecule has 0 radical (unpaired) electrons. The monoisotopic (exact) mass is 367 g/mol. The number of nitrogens with one attached hydrogen (secondary N) is 1. The molecule has 1 unspecified atom stereocenters. The second kappa shape index (κ2) is 6.83. The molecule has 3 rings (SSSR count). The molecule has 0 amide bonds. The maximum absolute atomic E-state index is 12.7. The number of nitro benzene ring substituents is 1. The fourth-order valence-electron chi connectivity index (χ4n) is 2.99. The number of anilines is 1. The van der Waals surface area contributed by atoms with Crippen LogP contribution < -0.4 is 10.2 Å². The Morgan fingerprint density at radius 1 is 1.19 bits per heavy atom. The third kappa shape index (κ3) is 3.72. The Bertz CT molecular complexity index is 809. The summed E-state index contributed by atoms with van der Waals surface area (Å²) in [4.78, 5) is 12.3. The van der Waals surface area contributed by atoms with Crippen molar-refractivity contribution in [1.82, 2.24) is 5.32 Å². The van der Waals surface area contributed by atoms with Crippen molar-refractivity contribution in [2.24, 2.45) is 0 Å². The first-order chi connectivity index (χ1) is 12.3. The highest BCUT2D eigenvalue weighted by molar-refractivity contribution is 5.51. The lowest BCUT2D eigenvalue weighted by atomic mass is 10.0. The maximum Gasteiger partial charge on any atom is 0.416 e. The Labute approximate surface area is 147 Å². The molecule has 0 aliphatic carbocycles. The van der Waals surface area contributed by atoms with E-state index in [1.54, 1.807) is 0 Å². The minimum Gasteiger partial charge on any atom is -0.508 e. The van der Waals surface area contributed by atoms with Gasteiger partial charge in [-0.05, 0) is 30.3 Å². The number of nitrogens with zero attached hydrogens (tertiary/aromatic N) is 2. The number of aromatic hydroxyl groups is 1. The van der Waals surface area contributed by atoms with Gasteiger partial charge < -0.3 is 15.3 Å². The van der Waals surface area contributed by atoms with Crippen molar-refractivity contribution in [2.45, 2.75) is 12.2 Å². The van der Waals surface area contributed by atoms with Crippen LogP contribution in [0.3, 0.4) is 0 Å². The van der Waals surface area contributed by atoms with Crippen molar-refractivity contribution in [1.29, 1.82) is 0 Å². The number of phenolic OH excluding ortho intramolecular Hbond substituents is 1. The van der Waals surface area contributed by atoms with Crippen molar-refractivity contribution in [3.05, 3.63) is 63.7 Å². The van der Waals surface area contributed by atoms with Gasteiger partial charge in [-0.25, -0.2) is 0 Å². The maximum atomic E-state index is 12.7. The number of alkyl halides is 3. The van der Waals surface area contributed by atoms with Crippen molar-refractivity contribution >= 4 is 11.4 Å². The van der Waals surface area contributed by atoms with E-state index in [4.69, 9.17) is 0 Å². The molecule has 9 heteroatoms. The second-order valence-corrected chi connectivity index (χ2v) is 6.00. The summed E-state index contributed by atoms with van der Waals surface area (Å²) in [6, 6.07) is 8.27. The van der Waals surface area contributed by atoms with Gasteiger partial charge in [0.05, 0.1) is 16.5 Å². The molecule has 0 aromatic heterocycles. The Kier molecular flexibility index (Phi) is 4.73. The minimum absolute atomic E-state index is 0.0673. The summed E-state index contributed by atoms with van der Waals surface area (Å²) in [5.74, 6) is -0.0673. The predicted octanol–water partition coefficient (Wildman–Crippen LogP) is 3.47. The van der Waals surface area contributed by atoms with Gasteiger partial charge in [0.2, 0.25) is 0 Å². The molecule has 1 aliphatic heterocycles. The molecule has 138 valence electrons. The smallest absolute Gasteiger partial charge is 0.416 e. The van der Waals surface area contributed by atoms with Crippen LogP contribution in [0.2, 0.25) is 0 Å². The molecule has 2 N–H and O–H groups in total. The molecule has 2 aromatic rings. The zero-order valence-electron chi connectivity index (χ0n) is 13.5. The van der Waals surface area contributed by atoms with E-state index in [-0.39, 0.29) is 17.5 Å².